The number of nitrogens with one attached hydrogen (secondary N) is 2. The second kappa shape index (κ2) is 5.75. The van der Waals surface area contributed by atoms with E-state index in [2.05, 4.69) is 10.8 Å². The summed E-state index contributed by atoms with van der Waals surface area (Å²) in [5, 5.41) is 3.25. The average Bonchev–Trinajstić information content (AvgIpc) is 2.83. The molecule has 4 nitrogen and oxygen atoms in total. The molecule has 2 N–H and O–H groups in total. The predicted molar refractivity (Wildman–Crippen MR) is 60.8 cm³/mol. The van der Waals surface area contributed by atoms with E-state index in [4.69, 9.17) is 4.84 Å². The lowest BCUT2D eigenvalue weighted by Crippen LogP contribution is -2.32. The predicted octanol–water partition coefficient (Wildman–Crippen LogP) is 1.24. The van der Waals surface area contributed by atoms with Crippen LogP contribution in [-0.2, 0) is 4.84 Å². The molecule has 0 bridgehead atoms. The van der Waals surface area contributed by atoms with Crippen LogP contribution in [0.5, 0.6) is 0 Å². The Labute approximate surface area is 99.1 Å². The maximum absolute atomic E-state index is 12.6. The van der Waals surface area contributed by atoms with Gasteiger partial charge in [0.25, 0.3) is 5.91 Å². The van der Waals surface area contributed by atoms with Crippen LogP contribution in [0.3, 0.4) is 0 Å². The molecule has 92 valence electrons. The first-order valence-electron chi connectivity index (χ1n) is 5.67. The van der Waals surface area contributed by atoms with E-state index in [-0.39, 0.29) is 11.7 Å². The smallest absolute Gasteiger partial charge is 0.274 e. The third-order valence-corrected chi connectivity index (χ3v) is 2.72. The standard InChI is InChI=1S/C12H15FN2O2/c13-10-5-3-9(4-6-10)12(16)15-17-8-11-2-1-7-14-11/h3-6,11,14H,1-2,7-8H2,(H,15,16). The number of carbonyl (C=O) groups excluding carboxylic acids is 1. The van der Waals surface area contributed by atoms with Gasteiger partial charge in [-0.15, -0.1) is 0 Å². The molecule has 0 saturated carbocycles. The van der Waals surface area contributed by atoms with Crippen LogP contribution in [0, 0.1) is 5.82 Å². The number of halogens is 1. The van der Waals surface area contributed by atoms with Gasteiger partial charge >= 0.3 is 0 Å². The van der Waals surface area contributed by atoms with Crippen LogP contribution in [0.15, 0.2) is 24.3 Å². The number of hydroxylamine groups is 1. The molecule has 1 atom stereocenters. The lowest BCUT2D eigenvalue weighted by molar-refractivity contribution is 0.0242. The molecule has 1 saturated heterocycles. The molecule has 0 radical (unpaired) electrons. The Bertz CT molecular complexity index is 375. The summed E-state index contributed by atoms with van der Waals surface area (Å²) in [5.74, 6) is -0.722. The van der Waals surface area contributed by atoms with Gasteiger partial charge in [0, 0.05) is 11.6 Å². The van der Waals surface area contributed by atoms with E-state index >= 15 is 0 Å². The molecule has 1 heterocycles. The van der Waals surface area contributed by atoms with Crippen molar-refractivity contribution in [2.45, 2.75) is 18.9 Å². The van der Waals surface area contributed by atoms with Crippen LogP contribution in [0.2, 0.25) is 0 Å². The highest BCUT2D eigenvalue weighted by Crippen LogP contribution is 2.05. The minimum absolute atomic E-state index is 0.309. The maximum atomic E-state index is 12.6. The van der Waals surface area contributed by atoms with Gasteiger partial charge in [-0.05, 0) is 43.7 Å². The SMILES string of the molecule is O=C(NOCC1CCCN1)c1ccc(F)cc1. The van der Waals surface area contributed by atoms with Crippen LogP contribution in [-0.4, -0.2) is 25.1 Å². The molecule has 0 aromatic heterocycles. The number of hydrogen-bond acceptors (Lipinski definition) is 3. The van der Waals surface area contributed by atoms with Crippen LogP contribution in [0.1, 0.15) is 23.2 Å². The fourth-order valence-corrected chi connectivity index (χ4v) is 1.77. The lowest BCUT2D eigenvalue weighted by atomic mass is 10.2. The van der Waals surface area contributed by atoms with Gasteiger partial charge in [0.15, 0.2) is 0 Å². The molecule has 1 aliphatic heterocycles. The van der Waals surface area contributed by atoms with E-state index in [0.29, 0.717) is 18.2 Å². The van der Waals surface area contributed by atoms with Gasteiger partial charge in [-0.1, -0.05) is 0 Å². The van der Waals surface area contributed by atoms with E-state index < -0.39 is 0 Å². The number of carbonyl (C=O) groups is 1. The van der Waals surface area contributed by atoms with E-state index in [9.17, 15) is 9.18 Å². The largest absolute Gasteiger partial charge is 0.312 e. The molecule has 1 aromatic rings. The Morgan fingerprint density at radius 3 is 2.88 bits per heavy atom. The van der Waals surface area contributed by atoms with Crippen molar-refractivity contribution in [1.29, 1.82) is 0 Å². The molecular weight excluding hydrogens is 223 g/mol. The molecule has 2 rings (SSSR count). The van der Waals surface area contributed by atoms with Crippen LogP contribution < -0.4 is 10.8 Å². The summed E-state index contributed by atoms with van der Waals surface area (Å²) in [4.78, 5) is 16.7. The summed E-state index contributed by atoms with van der Waals surface area (Å²) in [6, 6.07) is 5.63. The Morgan fingerprint density at radius 2 is 2.24 bits per heavy atom. The van der Waals surface area contributed by atoms with Gasteiger partial charge in [-0.3, -0.25) is 9.63 Å². The zero-order valence-corrected chi connectivity index (χ0v) is 9.41. The van der Waals surface area contributed by atoms with Crippen molar-refractivity contribution in [3.63, 3.8) is 0 Å². The number of amides is 1. The maximum Gasteiger partial charge on any atom is 0.274 e. The molecule has 1 aromatic carbocycles. The molecule has 1 unspecified atom stereocenters. The fourth-order valence-electron chi connectivity index (χ4n) is 1.77. The third-order valence-electron chi connectivity index (χ3n) is 2.72. The van der Waals surface area contributed by atoms with Crippen LogP contribution in [0.4, 0.5) is 4.39 Å². The molecule has 5 heteroatoms. The van der Waals surface area contributed by atoms with Gasteiger partial charge in [-0.25, -0.2) is 9.87 Å². The van der Waals surface area contributed by atoms with E-state index in [0.717, 1.165) is 19.4 Å². The van der Waals surface area contributed by atoms with Gasteiger partial charge in [0.1, 0.15) is 5.82 Å². The molecule has 0 spiro atoms. The van der Waals surface area contributed by atoms with Crippen molar-refractivity contribution in [2.24, 2.45) is 0 Å². The minimum Gasteiger partial charge on any atom is -0.312 e. The Kier molecular flexibility index (Phi) is 4.06. The van der Waals surface area contributed by atoms with Crippen molar-refractivity contribution in [3.8, 4) is 0 Å². The Morgan fingerprint density at radius 1 is 1.47 bits per heavy atom. The lowest BCUT2D eigenvalue weighted by Gasteiger charge is -2.10. The summed E-state index contributed by atoms with van der Waals surface area (Å²) in [5.41, 5.74) is 2.72. The topological polar surface area (TPSA) is 50.4 Å². The van der Waals surface area contributed by atoms with Crippen molar-refractivity contribution >= 4 is 5.91 Å². The minimum atomic E-state index is -0.363. The van der Waals surface area contributed by atoms with Crippen LogP contribution in [0.25, 0.3) is 0 Å². The zero-order valence-electron chi connectivity index (χ0n) is 9.41. The number of rotatable bonds is 4. The van der Waals surface area contributed by atoms with Crippen molar-refractivity contribution in [1.82, 2.24) is 10.8 Å². The van der Waals surface area contributed by atoms with Crippen molar-refractivity contribution < 1.29 is 14.0 Å². The quantitative estimate of drug-likeness (QED) is 0.776. The van der Waals surface area contributed by atoms with Gasteiger partial charge in [-0.2, -0.15) is 0 Å². The monoisotopic (exact) mass is 238 g/mol. The van der Waals surface area contributed by atoms with Crippen molar-refractivity contribution in [3.05, 3.63) is 35.6 Å². The molecule has 1 fully saturated rings. The van der Waals surface area contributed by atoms with Gasteiger partial charge in [0.05, 0.1) is 6.61 Å². The second-order valence-corrected chi connectivity index (χ2v) is 4.04. The first-order chi connectivity index (χ1) is 8.25. The summed E-state index contributed by atoms with van der Waals surface area (Å²) in [7, 11) is 0. The molecule has 1 amide bonds. The van der Waals surface area contributed by atoms with Gasteiger partial charge in [0.2, 0.25) is 0 Å². The molecule has 1 aliphatic rings. The fraction of sp³-hybridized carbons (Fsp3) is 0.417. The Balaban J connectivity index is 1.75. The van der Waals surface area contributed by atoms with E-state index in [1.807, 2.05) is 0 Å². The first-order valence-corrected chi connectivity index (χ1v) is 5.67. The highest BCUT2D eigenvalue weighted by atomic mass is 19.1. The zero-order chi connectivity index (χ0) is 12.1. The highest BCUT2D eigenvalue weighted by Gasteiger charge is 2.14. The summed E-state index contributed by atoms with van der Waals surface area (Å²) in [6.45, 7) is 1.45. The molecular formula is C12H15FN2O2. The normalized spacial score (nSPS) is 19.2. The number of hydrogen-bond donors (Lipinski definition) is 2. The second-order valence-electron chi connectivity index (χ2n) is 4.04. The summed E-state index contributed by atoms with van der Waals surface area (Å²) < 4.78 is 12.6. The first kappa shape index (κ1) is 12.0. The third kappa shape index (κ3) is 3.51. The Hall–Kier alpha value is -1.46. The summed E-state index contributed by atoms with van der Waals surface area (Å²) >= 11 is 0. The number of benzene rings is 1. The summed E-state index contributed by atoms with van der Waals surface area (Å²) in [6.07, 6.45) is 2.20. The van der Waals surface area contributed by atoms with E-state index in [1.165, 1.54) is 24.3 Å². The van der Waals surface area contributed by atoms with E-state index in [1.54, 1.807) is 0 Å². The average molecular weight is 238 g/mol. The molecule has 0 aliphatic carbocycles. The highest BCUT2D eigenvalue weighted by molar-refractivity contribution is 5.93. The molecule has 17 heavy (non-hydrogen) atoms. The van der Waals surface area contributed by atoms with Crippen LogP contribution >= 0.6 is 0 Å². The van der Waals surface area contributed by atoms with Crippen molar-refractivity contribution in [2.75, 3.05) is 13.2 Å². The van der Waals surface area contributed by atoms with Gasteiger partial charge < -0.3 is 5.32 Å².